The van der Waals surface area contributed by atoms with Crippen LogP contribution in [-0.4, -0.2) is 29.6 Å². The maximum Gasteiger partial charge on any atom is 0.307 e. The fourth-order valence-electron chi connectivity index (χ4n) is 3.14. The quantitative estimate of drug-likeness (QED) is 0.770. The summed E-state index contributed by atoms with van der Waals surface area (Å²) >= 11 is 0. The van der Waals surface area contributed by atoms with E-state index in [1.54, 1.807) is 0 Å². The lowest BCUT2D eigenvalue weighted by Crippen LogP contribution is -2.40. The minimum absolute atomic E-state index is 0.0238. The van der Waals surface area contributed by atoms with Crippen molar-refractivity contribution >= 4 is 5.97 Å². The van der Waals surface area contributed by atoms with E-state index in [-0.39, 0.29) is 12.1 Å². The average Bonchev–Trinajstić information content (AvgIpc) is 2.44. The maximum atomic E-state index is 12.0. The Bertz CT molecular complexity index is 510. The molecule has 0 aromatic heterocycles. The van der Waals surface area contributed by atoms with Gasteiger partial charge < -0.3 is 4.74 Å². The molecule has 1 heterocycles. The normalized spacial score (nSPS) is 19.4. The van der Waals surface area contributed by atoms with Crippen molar-refractivity contribution in [3.63, 3.8) is 0 Å². The predicted molar refractivity (Wildman–Crippen MR) is 89.8 cm³/mol. The van der Waals surface area contributed by atoms with Crippen LogP contribution in [0.3, 0.4) is 0 Å². The van der Waals surface area contributed by atoms with Crippen LogP contribution in [0, 0.1) is 13.8 Å². The van der Waals surface area contributed by atoms with Crippen LogP contribution < -0.4 is 0 Å². The van der Waals surface area contributed by atoms with Crippen molar-refractivity contribution in [2.45, 2.75) is 72.1 Å². The van der Waals surface area contributed by atoms with E-state index in [1.807, 2.05) is 13.8 Å². The van der Waals surface area contributed by atoms with Crippen molar-refractivity contribution in [1.82, 2.24) is 4.90 Å². The topological polar surface area (TPSA) is 29.5 Å². The van der Waals surface area contributed by atoms with Gasteiger partial charge in [0.2, 0.25) is 0 Å². The largest absolute Gasteiger partial charge is 0.463 e. The molecule has 3 nitrogen and oxygen atoms in total. The molecular formula is C19H29NO2. The molecule has 3 heteroatoms. The number of rotatable bonds is 5. The molecule has 0 bridgehead atoms. The Morgan fingerprint density at radius 1 is 1.27 bits per heavy atom. The summed E-state index contributed by atoms with van der Waals surface area (Å²) in [7, 11) is 0. The van der Waals surface area contributed by atoms with Gasteiger partial charge in [0.15, 0.2) is 0 Å². The van der Waals surface area contributed by atoms with E-state index in [9.17, 15) is 4.79 Å². The molecule has 1 unspecified atom stereocenters. The number of hydrogen-bond acceptors (Lipinski definition) is 3. The molecule has 0 saturated carbocycles. The second-order valence-corrected chi connectivity index (χ2v) is 6.78. The average molecular weight is 303 g/mol. The number of aryl methyl sites for hydroxylation is 2. The predicted octanol–water partition coefficient (Wildman–Crippen LogP) is 4.00. The minimum Gasteiger partial charge on any atom is -0.463 e. The van der Waals surface area contributed by atoms with Crippen molar-refractivity contribution in [2.24, 2.45) is 0 Å². The van der Waals surface area contributed by atoms with E-state index in [0.717, 1.165) is 19.5 Å². The zero-order valence-corrected chi connectivity index (χ0v) is 14.4. The summed E-state index contributed by atoms with van der Waals surface area (Å²) in [4.78, 5) is 14.4. The first-order valence-corrected chi connectivity index (χ1v) is 8.45. The Labute approximate surface area is 134 Å². The highest BCUT2D eigenvalue weighted by Gasteiger charge is 2.25. The number of carbonyl (C=O) groups is 1. The Morgan fingerprint density at radius 2 is 2.05 bits per heavy atom. The van der Waals surface area contributed by atoms with E-state index >= 15 is 0 Å². The molecular weight excluding hydrogens is 274 g/mol. The minimum atomic E-state index is -0.0630. The van der Waals surface area contributed by atoms with Crippen LogP contribution in [-0.2, 0) is 16.1 Å². The molecule has 0 radical (unpaired) electrons. The third-order valence-electron chi connectivity index (χ3n) is 4.48. The number of nitrogens with zero attached hydrogens (tertiary/aromatic N) is 1. The van der Waals surface area contributed by atoms with Crippen molar-refractivity contribution < 1.29 is 9.53 Å². The van der Waals surface area contributed by atoms with Gasteiger partial charge in [-0.05, 0) is 63.8 Å². The van der Waals surface area contributed by atoms with Crippen LogP contribution in [0.15, 0.2) is 18.2 Å². The number of likely N-dealkylation sites (tertiary alicyclic amines) is 1. The molecule has 22 heavy (non-hydrogen) atoms. The highest BCUT2D eigenvalue weighted by Crippen LogP contribution is 2.23. The van der Waals surface area contributed by atoms with E-state index in [2.05, 4.69) is 36.9 Å². The Morgan fingerprint density at radius 3 is 2.73 bits per heavy atom. The van der Waals surface area contributed by atoms with Gasteiger partial charge in [-0.2, -0.15) is 0 Å². The second-order valence-electron chi connectivity index (χ2n) is 6.78. The van der Waals surface area contributed by atoms with Gasteiger partial charge in [-0.1, -0.05) is 24.6 Å². The summed E-state index contributed by atoms with van der Waals surface area (Å²) in [5, 5.41) is 0. The fourth-order valence-corrected chi connectivity index (χ4v) is 3.14. The fraction of sp³-hybridized carbons (Fsp3) is 0.632. The number of carbonyl (C=O) groups excluding carboxylic acids is 1. The highest BCUT2D eigenvalue weighted by molar-refractivity contribution is 5.70. The zero-order chi connectivity index (χ0) is 16.1. The molecule has 0 amide bonds. The first-order valence-electron chi connectivity index (χ1n) is 8.45. The first kappa shape index (κ1) is 17.0. The van der Waals surface area contributed by atoms with E-state index in [4.69, 9.17) is 4.74 Å². The molecule has 1 aliphatic rings. The lowest BCUT2D eigenvalue weighted by molar-refractivity contribution is -0.149. The molecule has 1 aromatic carbocycles. The van der Waals surface area contributed by atoms with Gasteiger partial charge in [0.1, 0.15) is 0 Å². The van der Waals surface area contributed by atoms with Gasteiger partial charge in [0, 0.05) is 12.6 Å². The van der Waals surface area contributed by atoms with Gasteiger partial charge in [0.25, 0.3) is 0 Å². The summed E-state index contributed by atoms with van der Waals surface area (Å²) in [6.07, 6.45) is 4.02. The van der Waals surface area contributed by atoms with Gasteiger partial charge in [0.05, 0.1) is 12.5 Å². The van der Waals surface area contributed by atoms with Crippen molar-refractivity contribution in [3.05, 3.63) is 34.9 Å². The van der Waals surface area contributed by atoms with Gasteiger partial charge in [-0.3, -0.25) is 9.69 Å². The van der Waals surface area contributed by atoms with Crippen LogP contribution in [0.1, 0.15) is 56.2 Å². The van der Waals surface area contributed by atoms with Gasteiger partial charge in [-0.15, -0.1) is 0 Å². The summed E-state index contributed by atoms with van der Waals surface area (Å²) in [5.41, 5.74) is 4.01. The summed E-state index contributed by atoms with van der Waals surface area (Å²) in [6, 6.07) is 6.99. The molecule has 1 fully saturated rings. The molecule has 1 atom stereocenters. The number of ether oxygens (including phenoxy) is 1. The third-order valence-corrected chi connectivity index (χ3v) is 4.48. The summed E-state index contributed by atoms with van der Waals surface area (Å²) in [6.45, 7) is 10.1. The Balaban J connectivity index is 1.99. The van der Waals surface area contributed by atoms with Crippen molar-refractivity contribution in [1.29, 1.82) is 0 Å². The highest BCUT2D eigenvalue weighted by atomic mass is 16.5. The van der Waals surface area contributed by atoms with E-state index in [0.29, 0.717) is 12.5 Å². The lowest BCUT2D eigenvalue weighted by atomic mass is 9.98. The molecule has 1 aromatic rings. The zero-order valence-electron chi connectivity index (χ0n) is 14.4. The van der Waals surface area contributed by atoms with Crippen LogP contribution >= 0.6 is 0 Å². The smallest absolute Gasteiger partial charge is 0.307 e. The molecule has 0 spiro atoms. The SMILES string of the molecule is Cc1ccc(CN2CCCCC2CC(=O)OC(C)C)cc1C. The van der Waals surface area contributed by atoms with Crippen LogP contribution in [0.4, 0.5) is 0 Å². The van der Waals surface area contributed by atoms with E-state index in [1.165, 1.54) is 29.5 Å². The molecule has 0 aliphatic carbocycles. The third kappa shape index (κ3) is 4.84. The number of benzene rings is 1. The van der Waals surface area contributed by atoms with Gasteiger partial charge in [-0.25, -0.2) is 0 Å². The molecule has 2 rings (SSSR count). The number of hydrogen-bond donors (Lipinski definition) is 0. The monoisotopic (exact) mass is 303 g/mol. The van der Waals surface area contributed by atoms with E-state index < -0.39 is 0 Å². The Kier molecular flexibility index (Phi) is 6.01. The van der Waals surface area contributed by atoms with Crippen molar-refractivity contribution in [3.8, 4) is 0 Å². The number of piperidine rings is 1. The Hall–Kier alpha value is -1.35. The van der Waals surface area contributed by atoms with Crippen LogP contribution in [0.5, 0.6) is 0 Å². The van der Waals surface area contributed by atoms with Gasteiger partial charge >= 0.3 is 5.97 Å². The molecule has 1 aliphatic heterocycles. The van der Waals surface area contributed by atoms with Crippen LogP contribution in [0.25, 0.3) is 0 Å². The molecule has 122 valence electrons. The van der Waals surface area contributed by atoms with Crippen molar-refractivity contribution in [2.75, 3.05) is 6.54 Å². The summed E-state index contributed by atoms with van der Waals surface area (Å²) < 4.78 is 5.32. The van der Waals surface area contributed by atoms with Crippen LogP contribution in [0.2, 0.25) is 0 Å². The second kappa shape index (κ2) is 7.77. The first-order chi connectivity index (χ1) is 10.5. The summed E-state index contributed by atoms with van der Waals surface area (Å²) in [5.74, 6) is -0.0630. The number of esters is 1. The standard InChI is InChI=1S/C19H29NO2/c1-14(2)22-19(21)12-18-7-5-6-10-20(18)13-17-9-8-15(3)16(4)11-17/h8-9,11,14,18H,5-7,10,12-13H2,1-4H3. The molecule has 1 saturated heterocycles. The lowest BCUT2D eigenvalue weighted by Gasteiger charge is -2.35. The maximum absolute atomic E-state index is 12.0. The molecule has 0 N–H and O–H groups in total.